The van der Waals surface area contributed by atoms with Crippen LogP contribution in [0.3, 0.4) is 0 Å². The Kier molecular flexibility index (Phi) is 4.50. The fourth-order valence-electron chi connectivity index (χ4n) is 4.58. The molecule has 1 N–H and O–H groups in total. The Labute approximate surface area is 169 Å². The van der Waals surface area contributed by atoms with Gasteiger partial charge in [-0.2, -0.15) is 0 Å². The van der Waals surface area contributed by atoms with Crippen LogP contribution < -0.4 is 10.2 Å². The lowest BCUT2D eigenvalue weighted by molar-refractivity contribution is -0.125. The topological polar surface area (TPSA) is 78.4 Å². The molecule has 2 amide bonds. The minimum absolute atomic E-state index is 0.00514. The van der Waals surface area contributed by atoms with Gasteiger partial charge in [0, 0.05) is 74.8 Å². The predicted octanol–water partition coefficient (Wildman–Crippen LogP) is 1.97. The molecule has 3 aliphatic rings. The van der Waals surface area contributed by atoms with Gasteiger partial charge in [-0.3, -0.25) is 14.6 Å². The van der Waals surface area contributed by atoms with Crippen molar-refractivity contribution in [2.75, 3.05) is 36.4 Å². The normalized spacial score (nSPS) is 23.2. The van der Waals surface area contributed by atoms with Gasteiger partial charge in [-0.05, 0) is 41.8 Å². The molecule has 29 heavy (non-hydrogen) atoms. The summed E-state index contributed by atoms with van der Waals surface area (Å²) < 4.78 is 0. The highest BCUT2D eigenvalue weighted by atomic mass is 16.2. The number of aromatic nitrogens is 2. The van der Waals surface area contributed by atoms with Crippen molar-refractivity contribution < 1.29 is 9.59 Å². The quantitative estimate of drug-likeness (QED) is 0.812. The zero-order valence-corrected chi connectivity index (χ0v) is 16.1. The first kappa shape index (κ1) is 17.8. The summed E-state index contributed by atoms with van der Waals surface area (Å²) >= 11 is 0. The van der Waals surface area contributed by atoms with E-state index in [1.165, 1.54) is 5.69 Å². The van der Waals surface area contributed by atoms with Gasteiger partial charge >= 0.3 is 0 Å². The summed E-state index contributed by atoms with van der Waals surface area (Å²) in [4.78, 5) is 36.9. The number of anilines is 2. The molecule has 0 saturated carbocycles. The van der Waals surface area contributed by atoms with E-state index in [0.717, 1.165) is 37.3 Å². The lowest BCUT2D eigenvalue weighted by Crippen LogP contribution is -2.32. The van der Waals surface area contributed by atoms with E-state index in [2.05, 4.69) is 20.2 Å². The number of pyridine rings is 2. The number of rotatable bonds is 3. The molecule has 5 rings (SSSR count). The number of likely N-dealkylation sites (tertiary alicyclic amines) is 1. The van der Waals surface area contributed by atoms with Crippen molar-refractivity contribution in [1.82, 2.24) is 14.9 Å². The monoisotopic (exact) mass is 389 g/mol. The molecular formula is C22H23N5O2. The zero-order valence-electron chi connectivity index (χ0n) is 16.1. The van der Waals surface area contributed by atoms with Crippen LogP contribution in [0, 0.1) is 11.8 Å². The number of hydrogen-bond acceptors (Lipinski definition) is 5. The molecule has 7 nitrogen and oxygen atoms in total. The molecule has 0 aromatic carbocycles. The van der Waals surface area contributed by atoms with Crippen LogP contribution in [0.15, 0.2) is 42.9 Å². The summed E-state index contributed by atoms with van der Waals surface area (Å²) in [5, 5.41) is 2.78. The Morgan fingerprint density at radius 3 is 2.62 bits per heavy atom. The first-order valence-corrected chi connectivity index (χ1v) is 10.1. The van der Waals surface area contributed by atoms with Gasteiger partial charge in [-0.1, -0.05) is 0 Å². The number of carbonyl (C=O) groups excluding carboxylic acids is 2. The van der Waals surface area contributed by atoms with E-state index in [0.29, 0.717) is 30.5 Å². The number of hydrogen-bond donors (Lipinski definition) is 1. The maximum Gasteiger partial charge on any atom is 0.246 e. The van der Waals surface area contributed by atoms with Crippen LogP contribution in [-0.4, -0.2) is 52.9 Å². The van der Waals surface area contributed by atoms with Gasteiger partial charge in [0.05, 0.1) is 0 Å². The van der Waals surface area contributed by atoms with Crippen molar-refractivity contribution in [1.29, 1.82) is 0 Å². The molecule has 7 heteroatoms. The van der Waals surface area contributed by atoms with E-state index in [1.54, 1.807) is 12.3 Å². The number of carbonyl (C=O) groups is 2. The smallest absolute Gasteiger partial charge is 0.246 e. The first-order chi connectivity index (χ1) is 14.2. The average molecular weight is 389 g/mol. The molecule has 2 fully saturated rings. The molecular weight excluding hydrogens is 366 g/mol. The van der Waals surface area contributed by atoms with Crippen LogP contribution >= 0.6 is 0 Å². The molecule has 5 heterocycles. The molecule has 0 spiro atoms. The molecule has 2 atom stereocenters. The molecule has 0 unspecified atom stereocenters. The fourth-order valence-corrected chi connectivity index (χ4v) is 4.58. The van der Waals surface area contributed by atoms with Gasteiger partial charge in [0.15, 0.2) is 0 Å². The third kappa shape index (κ3) is 3.60. The van der Waals surface area contributed by atoms with Gasteiger partial charge in [0.1, 0.15) is 5.82 Å². The van der Waals surface area contributed by atoms with Crippen LogP contribution in [0.5, 0.6) is 0 Å². The molecule has 0 radical (unpaired) electrons. The lowest BCUT2D eigenvalue weighted by Gasteiger charge is -2.22. The number of nitrogens with one attached hydrogen (secondary N) is 1. The standard InChI is InChI=1S/C22H23N5O2/c28-20-3-2-16-9-15(10-24-22(16)25-20)1-4-21(29)27-13-17-11-26(12-18(17)14-27)19-5-7-23-8-6-19/h1,4-10,17-18H,2-3,11-14H2,(H,24,25,28)/b4-1+/t17-,18+. The Morgan fingerprint density at radius 1 is 1.10 bits per heavy atom. The SMILES string of the molecule is O=C1CCc2cc(/C=C/C(=O)N3C[C@@H]4CN(c5ccncc5)C[C@@H]4C3)cnc2N1. The Bertz CT molecular complexity index is 960. The van der Waals surface area contributed by atoms with E-state index in [-0.39, 0.29) is 11.8 Å². The summed E-state index contributed by atoms with van der Waals surface area (Å²) in [6.07, 6.45) is 9.98. The van der Waals surface area contributed by atoms with Crippen molar-refractivity contribution in [3.05, 3.63) is 54.0 Å². The van der Waals surface area contributed by atoms with E-state index in [9.17, 15) is 9.59 Å². The molecule has 3 aliphatic heterocycles. The van der Waals surface area contributed by atoms with E-state index < -0.39 is 0 Å². The minimum atomic E-state index is 0.00514. The maximum absolute atomic E-state index is 12.7. The summed E-state index contributed by atoms with van der Waals surface area (Å²) in [5.41, 5.74) is 3.12. The minimum Gasteiger partial charge on any atom is -0.371 e. The first-order valence-electron chi connectivity index (χ1n) is 10.1. The van der Waals surface area contributed by atoms with Crippen molar-refractivity contribution in [2.24, 2.45) is 11.8 Å². The molecule has 0 bridgehead atoms. The second-order valence-electron chi connectivity index (χ2n) is 8.03. The lowest BCUT2D eigenvalue weighted by atomic mass is 10.0. The molecule has 0 aliphatic carbocycles. The van der Waals surface area contributed by atoms with Gasteiger partial charge in [0.25, 0.3) is 0 Å². The molecule has 2 aromatic rings. The summed E-state index contributed by atoms with van der Waals surface area (Å²) in [5.74, 6) is 1.74. The third-order valence-corrected chi connectivity index (χ3v) is 6.11. The number of fused-ring (bicyclic) bond motifs is 2. The van der Waals surface area contributed by atoms with Crippen LogP contribution in [0.1, 0.15) is 17.5 Å². The number of nitrogens with zero attached hydrogens (tertiary/aromatic N) is 4. The molecule has 148 valence electrons. The van der Waals surface area contributed by atoms with Gasteiger partial charge < -0.3 is 15.1 Å². The fraction of sp³-hybridized carbons (Fsp3) is 0.364. The third-order valence-electron chi connectivity index (χ3n) is 6.11. The van der Waals surface area contributed by atoms with Crippen LogP contribution in [0.2, 0.25) is 0 Å². The van der Waals surface area contributed by atoms with Crippen LogP contribution in [0.4, 0.5) is 11.5 Å². The van der Waals surface area contributed by atoms with Crippen molar-refractivity contribution in [3.63, 3.8) is 0 Å². The van der Waals surface area contributed by atoms with Crippen molar-refractivity contribution in [3.8, 4) is 0 Å². The Balaban J connectivity index is 1.19. The van der Waals surface area contributed by atoms with Gasteiger partial charge in [0.2, 0.25) is 11.8 Å². The Hall–Kier alpha value is -3.22. The van der Waals surface area contributed by atoms with Crippen LogP contribution in [-0.2, 0) is 16.0 Å². The largest absolute Gasteiger partial charge is 0.371 e. The van der Waals surface area contributed by atoms with Crippen LogP contribution in [0.25, 0.3) is 6.08 Å². The highest BCUT2D eigenvalue weighted by Crippen LogP contribution is 2.33. The summed E-state index contributed by atoms with van der Waals surface area (Å²) in [7, 11) is 0. The van der Waals surface area contributed by atoms with E-state index in [1.807, 2.05) is 41.6 Å². The van der Waals surface area contributed by atoms with E-state index >= 15 is 0 Å². The van der Waals surface area contributed by atoms with Crippen molar-refractivity contribution in [2.45, 2.75) is 12.8 Å². The zero-order chi connectivity index (χ0) is 19.8. The molecule has 2 saturated heterocycles. The van der Waals surface area contributed by atoms with Crippen molar-refractivity contribution >= 4 is 29.4 Å². The summed E-state index contributed by atoms with van der Waals surface area (Å²) in [6, 6.07) is 6.09. The van der Waals surface area contributed by atoms with E-state index in [4.69, 9.17) is 0 Å². The molecule has 2 aromatic heterocycles. The highest BCUT2D eigenvalue weighted by molar-refractivity contribution is 5.94. The maximum atomic E-state index is 12.7. The highest BCUT2D eigenvalue weighted by Gasteiger charge is 2.41. The second kappa shape index (κ2) is 7.31. The average Bonchev–Trinajstić information content (AvgIpc) is 3.32. The predicted molar refractivity (Wildman–Crippen MR) is 110 cm³/mol. The number of aryl methyl sites for hydroxylation is 1. The number of amides is 2. The summed E-state index contributed by atoms with van der Waals surface area (Å²) in [6.45, 7) is 3.60. The Morgan fingerprint density at radius 2 is 1.86 bits per heavy atom. The van der Waals surface area contributed by atoms with Gasteiger partial charge in [-0.15, -0.1) is 0 Å². The second-order valence-corrected chi connectivity index (χ2v) is 8.03. The van der Waals surface area contributed by atoms with Gasteiger partial charge in [-0.25, -0.2) is 4.98 Å².